The van der Waals surface area contributed by atoms with E-state index in [1.165, 1.54) is 18.4 Å². The van der Waals surface area contributed by atoms with Crippen molar-refractivity contribution >= 4 is 0 Å². The second-order valence-electron chi connectivity index (χ2n) is 5.07. The molecule has 0 radical (unpaired) electrons. The summed E-state index contributed by atoms with van der Waals surface area (Å²) in [5.41, 5.74) is 1.33. The molecule has 1 aromatic rings. The fraction of sp³-hybridized carbons (Fsp3) is 0.615. The molecule has 0 bridgehead atoms. The van der Waals surface area contributed by atoms with E-state index in [-0.39, 0.29) is 0 Å². The van der Waals surface area contributed by atoms with Crippen molar-refractivity contribution in [3.63, 3.8) is 0 Å². The van der Waals surface area contributed by atoms with Gasteiger partial charge in [-0.3, -0.25) is 4.68 Å². The second kappa shape index (κ2) is 4.06. The van der Waals surface area contributed by atoms with Gasteiger partial charge in [0.15, 0.2) is 0 Å². The minimum Gasteiger partial charge on any atom is -0.313 e. The van der Waals surface area contributed by atoms with Crippen molar-refractivity contribution in [1.82, 2.24) is 15.1 Å². The molecule has 3 rings (SSSR count). The molecule has 0 aromatic carbocycles. The van der Waals surface area contributed by atoms with Crippen LogP contribution in [-0.4, -0.2) is 22.4 Å². The Morgan fingerprint density at radius 2 is 2.50 bits per heavy atom. The SMILES string of the molecule is Cn1cc(CCNC2CC3CC=CC32)cn1. The van der Waals surface area contributed by atoms with Crippen molar-refractivity contribution in [3.05, 3.63) is 30.1 Å². The monoisotopic (exact) mass is 217 g/mol. The Morgan fingerprint density at radius 1 is 1.56 bits per heavy atom. The third kappa shape index (κ3) is 1.80. The van der Waals surface area contributed by atoms with Crippen molar-refractivity contribution in [1.29, 1.82) is 0 Å². The lowest BCUT2D eigenvalue weighted by molar-refractivity contribution is 0.164. The van der Waals surface area contributed by atoms with E-state index >= 15 is 0 Å². The number of aromatic nitrogens is 2. The van der Waals surface area contributed by atoms with Crippen LogP contribution in [0.15, 0.2) is 24.5 Å². The van der Waals surface area contributed by atoms with Crippen LogP contribution >= 0.6 is 0 Å². The van der Waals surface area contributed by atoms with E-state index in [9.17, 15) is 0 Å². The molecule has 3 atom stereocenters. The van der Waals surface area contributed by atoms with Crippen molar-refractivity contribution in [2.75, 3.05) is 6.54 Å². The van der Waals surface area contributed by atoms with Gasteiger partial charge in [-0.1, -0.05) is 12.2 Å². The Morgan fingerprint density at radius 3 is 3.25 bits per heavy atom. The molecule has 3 nitrogen and oxygen atoms in total. The third-order valence-corrected chi connectivity index (χ3v) is 3.94. The van der Waals surface area contributed by atoms with Gasteiger partial charge in [-0.2, -0.15) is 5.10 Å². The van der Waals surface area contributed by atoms with Crippen LogP contribution in [0.25, 0.3) is 0 Å². The molecule has 0 saturated heterocycles. The first kappa shape index (κ1) is 10.1. The molecular weight excluding hydrogens is 198 g/mol. The largest absolute Gasteiger partial charge is 0.313 e. The van der Waals surface area contributed by atoms with E-state index in [0.717, 1.165) is 30.8 Å². The van der Waals surface area contributed by atoms with Gasteiger partial charge in [0.05, 0.1) is 6.20 Å². The Labute approximate surface area is 96.5 Å². The molecule has 1 N–H and O–H groups in total. The lowest BCUT2D eigenvalue weighted by Crippen LogP contribution is -2.48. The molecular formula is C13H19N3. The smallest absolute Gasteiger partial charge is 0.0522 e. The van der Waals surface area contributed by atoms with Gasteiger partial charge in [-0.05, 0) is 43.2 Å². The lowest BCUT2D eigenvalue weighted by atomic mass is 9.71. The van der Waals surface area contributed by atoms with Gasteiger partial charge in [0, 0.05) is 19.3 Å². The van der Waals surface area contributed by atoms with E-state index < -0.39 is 0 Å². The predicted molar refractivity (Wildman–Crippen MR) is 64.1 cm³/mol. The number of allylic oxidation sites excluding steroid dienone is 1. The average Bonchev–Trinajstić information content (AvgIpc) is 2.80. The molecule has 2 aliphatic carbocycles. The van der Waals surface area contributed by atoms with Gasteiger partial charge >= 0.3 is 0 Å². The second-order valence-corrected chi connectivity index (χ2v) is 5.07. The predicted octanol–water partition coefficient (Wildman–Crippen LogP) is 1.52. The standard InChI is InChI=1S/C13H19N3/c1-16-9-10(8-15-16)5-6-14-13-7-11-3-2-4-12(11)13/h2,4,8-9,11-14H,3,5-7H2,1H3. The summed E-state index contributed by atoms with van der Waals surface area (Å²) in [4.78, 5) is 0. The number of aryl methyl sites for hydroxylation is 1. The first-order valence-electron chi connectivity index (χ1n) is 6.20. The fourth-order valence-electron chi connectivity index (χ4n) is 2.95. The van der Waals surface area contributed by atoms with E-state index in [1.54, 1.807) is 0 Å². The molecule has 1 saturated carbocycles. The van der Waals surface area contributed by atoms with Gasteiger partial charge in [0.25, 0.3) is 0 Å². The molecule has 1 fully saturated rings. The molecule has 0 aliphatic heterocycles. The molecule has 3 heteroatoms. The van der Waals surface area contributed by atoms with E-state index in [2.05, 4.69) is 28.8 Å². The van der Waals surface area contributed by atoms with Crippen LogP contribution in [0.4, 0.5) is 0 Å². The minimum absolute atomic E-state index is 0.737. The molecule has 86 valence electrons. The lowest BCUT2D eigenvalue weighted by Gasteiger charge is -2.40. The third-order valence-electron chi connectivity index (χ3n) is 3.94. The highest BCUT2D eigenvalue weighted by Gasteiger charge is 2.40. The van der Waals surface area contributed by atoms with E-state index in [0.29, 0.717) is 0 Å². The minimum atomic E-state index is 0.737. The number of hydrogen-bond acceptors (Lipinski definition) is 2. The van der Waals surface area contributed by atoms with Crippen LogP contribution in [0, 0.1) is 11.8 Å². The summed E-state index contributed by atoms with van der Waals surface area (Å²) in [6.07, 6.45) is 12.6. The summed E-state index contributed by atoms with van der Waals surface area (Å²) in [6, 6.07) is 0.737. The Bertz CT molecular complexity index is 394. The highest BCUT2D eigenvalue weighted by Crippen LogP contribution is 2.42. The molecule has 2 aliphatic rings. The van der Waals surface area contributed by atoms with Crippen LogP contribution in [0.5, 0.6) is 0 Å². The van der Waals surface area contributed by atoms with Gasteiger partial charge in [-0.25, -0.2) is 0 Å². The Kier molecular flexibility index (Phi) is 2.56. The summed E-state index contributed by atoms with van der Waals surface area (Å²) in [6.45, 7) is 1.08. The first-order chi connectivity index (χ1) is 7.83. The Hall–Kier alpha value is -1.09. The molecule has 3 unspecified atom stereocenters. The van der Waals surface area contributed by atoms with Crippen molar-refractivity contribution in [2.45, 2.75) is 25.3 Å². The molecule has 16 heavy (non-hydrogen) atoms. The van der Waals surface area contributed by atoms with Crippen molar-refractivity contribution in [2.24, 2.45) is 18.9 Å². The highest BCUT2D eigenvalue weighted by atomic mass is 15.2. The van der Waals surface area contributed by atoms with E-state index in [1.807, 2.05) is 17.9 Å². The average molecular weight is 217 g/mol. The zero-order valence-corrected chi connectivity index (χ0v) is 9.76. The maximum Gasteiger partial charge on any atom is 0.0522 e. The number of hydrogen-bond donors (Lipinski definition) is 1. The van der Waals surface area contributed by atoms with Crippen LogP contribution in [0.1, 0.15) is 18.4 Å². The summed E-state index contributed by atoms with van der Waals surface area (Å²) < 4.78 is 1.87. The summed E-state index contributed by atoms with van der Waals surface area (Å²) in [7, 11) is 1.97. The van der Waals surface area contributed by atoms with Crippen LogP contribution in [0.2, 0.25) is 0 Å². The summed E-state index contributed by atoms with van der Waals surface area (Å²) in [5, 5.41) is 7.84. The molecule has 1 aromatic heterocycles. The van der Waals surface area contributed by atoms with Crippen molar-refractivity contribution < 1.29 is 0 Å². The van der Waals surface area contributed by atoms with Crippen LogP contribution in [0.3, 0.4) is 0 Å². The zero-order valence-electron chi connectivity index (χ0n) is 9.76. The van der Waals surface area contributed by atoms with Crippen LogP contribution < -0.4 is 5.32 Å². The van der Waals surface area contributed by atoms with Crippen LogP contribution in [-0.2, 0) is 13.5 Å². The summed E-state index contributed by atoms with van der Waals surface area (Å²) >= 11 is 0. The first-order valence-corrected chi connectivity index (χ1v) is 6.20. The van der Waals surface area contributed by atoms with Gasteiger partial charge in [0.1, 0.15) is 0 Å². The van der Waals surface area contributed by atoms with E-state index in [4.69, 9.17) is 0 Å². The van der Waals surface area contributed by atoms with Gasteiger partial charge < -0.3 is 5.32 Å². The molecule has 1 heterocycles. The molecule has 0 spiro atoms. The topological polar surface area (TPSA) is 29.9 Å². The fourth-order valence-corrected chi connectivity index (χ4v) is 2.95. The number of nitrogens with zero attached hydrogens (tertiary/aromatic N) is 2. The number of fused-ring (bicyclic) bond motifs is 1. The Balaban J connectivity index is 1.42. The zero-order chi connectivity index (χ0) is 11.0. The van der Waals surface area contributed by atoms with Crippen molar-refractivity contribution in [3.8, 4) is 0 Å². The highest BCUT2D eigenvalue weighted by molar-refractivity contribution is 5.13. The maximum atomic E-state index is 4.18. The summed E-state index contributed by atoms with van der Waals surface area (Å²) in [5.74, 6) is 1.78. The quantitative estimate of drug-likeness (QED) is 0.775. The number of rotatable bonds is 4. The maximum absolute atomic E-state index is 4.18. The van der Waals surface area contributed by atoms with Gasteiger partial charge in [0.2, 0.25) is 0 Å². The van der Waals surface area contributed by atoms with Gasteiger partial charge in [-0.15, -0.1) is 0 Å². The molecule has 0 amide bonds. The normalized spacial score (nSPS) is 31.4. The number of nitrogens with one attached hydrogen (secondary N) is 1.